The highest BCUT2D eigenvalue weighted by Gasteiger charge is 2.39. The van der Waals surface area contributed by atoms with E-state index in [9.17, 15) is 34.2 Å². The molecule has 3 aromatic rings. The van der Waals surface area contributed by atoms with E-state index in [1.54, 1.807) is 18.3 Å². The largest absolute Gasteiger partial charge is 0.508 e. The Balaban J connectivity index is 1.55. The molecule has 0 spiro atoms. The molecule has 2 heterocycles. The number of fused-ring (bicyclic) bond motifs is 1. The Morgan fingerprint density at radius 1 is 1.00 bits per heavy atom. The number of carbonyl (C=O) groups excluding carboxylic acids is 4. The summed E-state index contributed by atoms with van der Waals surface area (Å²) in [5.74, 6) is -4.07. The number of carboxylic acids is 1. The fraction of sp³-hybridized carbons (Fsp3) is 0.345. The number of nitrogens with zero attached hydrogens (tertiary/aromatic N) is 1. The van der Waals surface area contributed by atoms with Crippen molar-refractivity contribution in [1.82, 2.24) is 20.5 Å². The molecule has 0 saturated carbocycles. The average Bonchev–Trinajstić information content (AvgIpc) is 3.60. The number of aliphatic carboxylic acids is 1. The van der Waals surface area contributed by atoms with Gasteiger partial charge in [-0.15, -0.1) is 0 Å². The third-order valence-corrected chi connectivity index (χ3v) is 7.30. The number of carbonyl (C=O) groups is 5. The Morgan fingerprint density at radius 2 is 1.71 bits per heavy atom. The predicted octanol–water partition coefficient (Wildman–Crippen LogP) is -0.0934. The van der Waals surface area contributed by atoms with Gasteiger partial charge in [-0.05, 0) is 48.6 Å². The summed E-state index contributed by atoms with van der Waals surface area (Å²) in [6.07, 6.45) is 2.17. The topological polar surface area (TPSA) is 221 Å². The zero-order chi connectivity index (χ0) is 30.4. The smallest absolute Gasteiger partial charge is 0.326 e. The van der Waals surface area contributed by atoms with Crippen LogP contribution in [-0.4, -0.2) is 80.4 Å². The molecule has 0 radical (unpaired) electrons. The van der Waals surface area contributed by atoms with Crippen LogP contribution in [0.2, 0.25) is 0 Å². The monoisotopic (exact) mass is 578 g/mol. The van der Waals surface area contributed by atoms with Crippen molar-refractivity contribution < 1.29 is 34.2 Å². The second-order valence-corrected chi connectivity index (χ2v) is 10.4. The summed E-state index contributed by atoms with van der Waals surface area (Å²) in [7, 11) is 0. The van der Waals surface area contributed by atoms with Crippen molar-refractivity contribution in [2.75, 3.05) is 6.54 Å². The number of benzene rings is 2. The first kappa shape index (κ1) is 30.1. The predicted molar refractivity (Wildman–Crippen MR) is 152 cm³/mol. The molecule has 13 heteroatoms. The fourth-order valence-corrected chi connectivity index (χ4v) is 5.15. The molecule has 4 unspecified atom stereocenters. The van der Waals surface area contributed by atoms with Crippen LogP contribution in [0.3, 0.4) is 0 Å². The Labute approximate surface area is 241 Å². The van der Waals surface area contributed by atoms with Gasteiger partial charge in [-0.25, -0.2) is 4.79 Å². The Hall–Kier alpha value is -4.91. The average molecular weight is 579 g/mol. The zero-order valence-electron chi connectivity index (χ0n) is 22.8. The highest BCUT2D eigenvalue weighted by atomic mass is 16.4. The second kappa shape index (κ2) is 13.2. The number of H-pyrrole nitrogens is 1. The fourth-order valence-electron chi connectivity index (χ4n) is 5.15. The Bertz CT molecular complexity index is 1470. The number of primary amides is 1. The van der Waals surface area contributed by atoms with Crippen molar-refractivity contribution in [3.8, 4) is 5.75 Å². The molecule has 1 aromatic heterocycles. The number of amides is 4. The number of nitrogens with two attached hydrogens (primary N) is 2. The first-order valence-electron chi connectivity index (χ1n) is 13.5. The van der Waals surface area contributed by atoms with Crippen LogP contribution in [0.25, 0.3) is 10.9 Å². The van der Waals surface area contributed by atoms with Crippen LogP contribution in [0, 0.1) is 0 Å². The minimum absolute atomic E-state index is 0.0784. The molecule has 1 aliphatic heterocycles. The van der Waals surface area contributed by atoms with E-state index < -0.39 is 60.2 Å². The lowest BCUT2D eigenvalue weighted by atomic mass is 10.0. The van der Waals surface area contributed by atoms with Gasteiger partial charge in [0.15, 0.2) is 0 Å². The van der Waals surface area contributed by atoms with Crippen molar-refractivity contribution in [3.05, 3.63) is 65.9 Å². The SMILES string of the molecule is NC(=O)CC(NC(=O)C1CCCN1C(=O)C(Cc1c[nH]c2ccccc12)NC(=O)C(N)Cc1ccc(O)cc1)C(=O)O. The highest BCUT2D eigenvalue weighted by Crippen LogP contribution is 2.23. The van der Waals surface area contributed by atoms with Crippen LogP contribution in [0.4, 0.5) is 0 Å². The van der Waals surface area contributed by atoms with Crippen molar-refractivity contribution in [2.45, 2.75) is 56.3 Å². The number of phenolic OH excluding ortho intramolecular Hbond substituents is 1. The number of aromatic nitrogens is 1. The molecule has 1 aliphatic rings. The molecule has 0 aliphatic carbocycles. The van der Waals surface area contributed by atoms with E-state index in [2.05, 4.69) is 15.6 Å². The van der Waals surface area contributed by atoms with Gasteiger partial charge in [0.25, 0.3) is 0 Å². The van der Waals surface area contributed by atoms with Gasteiger partial charge in [0, 0.05) is 30.1 Å². The minimum atomic E-state index is -1.54. The van der Waals surface area contributed by atoms with Crippen molar-refractivity contribution >= 4 is 40.5 Å². The molecule has 1 fully saturated rings. The van der Waals surface area contributed by atoms with E-state index in [1.165, 1.54) is 17.0 Å². The molecular formula is C29H34N6O7. The number of phenols is 1. The first-order chi connectivity index (χ1) is 20.0. The maximum absolute atomic E-state index is 13.9. The molecule has 4 amide bonds. The minimum Gasteiger partial charge on any atom is -0.508 e. The molecule has 9 N–H and O–H groups in total. The maximum atomic E-state index is 13.9. The van der Waals surface area contributed by atoms with E-state index in [-0.39, 0.29) is 31.6 Å². The van der Waals surface area contributed by atoms with Gasteiger partial charge in [0.1, 0.15) is 23.9 Å². The lowest BCUT2D eigenvalue weighted by Gasteiger charge is -2.30. The molecule has 2 aromatic carbocycles. The van der Waals surface area contributed by atoms with Crippen LogP contribution in [0.5, 0.6) is 5.75 Å². The van der Waals surface area contributed by atoms with Crippen LogP contribution in [0.15, 0.2) is 54.7 Å². The van der Waals surface area contributed by atoms with Gasteiger partial charge in [-0.2, -0.15) is 0 Å². The molecule has 4 atom stereocenters. The van der Waals surface area contributed by atoms with E-state index in [0.29, 0.717) is 6.42 Å². The Kier molecular flexibility index (Phi) is 9.42. The molecule has 1 saturated heterocycles. The highest BCUT2D eigenvalue weighted by molar-refractivity contribution is 5.96. The standard InChI is InChI=1S/C29H34N6O7/c30-20(12-16-7-9-18(36)10-8-16)26(38)33-22(13-17-15-32-21-5-2-1-4-19(17)21)28(40)35-11-3-6-24(35)27(39)34-23(29(41)42)14-25(31)37/h1-2,4-5,7-10,15,20,22-24,32,36H,3,6,11-14,30H2,(H2,31,37)(H,33,38)(H,34,39)(H,41,42). The van der Waals surface area contributed by atoms with E-state index in [4.69, 9.17) is 11.5 Å². The summed E-state index contributed by atoms with van der Waals surface area (Å²) in [4.78, 5) is 67.5. The van der Waals surface area contributed by atoms with Crippen molar-refractivity contribution in [2.24, 2.45) is 11.5 Å². The molecule has 0 bridgehead atoms. The quantitative estimate of drug-likeness (QED) is 0.153. The molecular weight excluding hydrogens is 544 g/mol. The normalized spacial score (nSPS) is 16.9. The molecule has 222 valence electrons. The third kappa shape index (κ3) is 7.23. The lowest BCUT2D eigenvalue weighted by molar-refractivity contribution is -0.145. The number of nitrogens with one attached hydrogen (secondary N) is 3. The maximum Gasteiger partial charge on any atom is 0.326 e. The van der Waals surface area contributed by atoms with Crippen molar-refractivity contribution in [1.29, 1.82) is 0 Å². The number of para-hydroxylation sites is 1. The summed E-state index contributed by atoms with van der Waals surface area (Å²) >= 11 is 0. The number of aromatic amines is 1. The number of aromatic hydroxyl groups is 1. The first-order valence-corrected chi connectivity index (χ1v) is 13.5. The third-order valence-electron chi connectivity index (χ3n) is 7.30. The number of carboxylic acid groups (broad SMARTS) is 1. The lowest BCUT2D eigenvalue weighted by Crippen LogP contribution is -2.57. The number of likely N-dealkylation sites (tertiary alicyclic amines) is 1. The summed E-state index contributed by atoms with van der Waals surface area (Å²) < 4.78 is 0. The van der Waals surface area contributed by atoms with Crippen molar-refractivity contribution in [3.63, 3.8) is 0 Å². The van der Waals surface area contributed by atoms with Gasteiger partial charge < -0.3 is 42.2 Å². The molecule has 42 heavy (non-hydrogen) atoms. The number of hydrogen-bond acceptors (Lipinski definition) is 7. The Morgan fingerprint density at radius 3 is 2.40 bits per heavy atom. The van der Waals surface area contributed by atoms with Crippen LogP contribution in [0.1, 0.15) is 30.4 Å². The van der Waals surface area contributed by atoms with Crippen LogP contribution < -0.4 is 22.1 Å². The summed E-state index contributed by atoms with van der Waals surface area (Å²) in [6, 6.07) is 9.13. The van der Waals surface area contributed by atoms with E-state index in [0.717, 1.165) is 22.0 Å². The van der Waals surface area contributed by atoms with E-state index in [1.807, 2.05) is 24.3 Å². The molecule has 4 rings (SSSR count). The summed E-state index contributed by atoms with van der Waals surface area (Å²) in [6.45, 7) is 0.213. The zero-order valence-corrected chi connectivity index (χ0v) is 22.8. The van der Waals surface area contributed by atoms with E-state index >= 15 is 0 Å². The van der Waals surface area contributed by atoms with Gasteiger partial charge >= 0.3 is 5.97 Å². The summed E-state index contributed by atoms with van der Waals surface area (Å²) in [5.41, 5.74) is 13.6. The number of rotatable bonds is 12. The van der Waals surface area contributed by atoms with Gasteiger partial charge in [0.2, 0.25) is 23.6 Å². The summed E-state index contributed by atoms with van der Waals surface area (Å²) in [5, 5.41) is 24.9. The van der Waals surface area contributed by atoms with Gasteiger partial charge in [-0.1, -0.05) is 30.3 Å². The number of hydrogen-bond donors (Lipinski definition) is 7. The second-order valence-electron chi connectivity index (χ2n) is 10.4. The van der Waals surface area contributed by atoms with Gasteiger partial charge in [-0.3, -0.25) is 19.2 Å². The molecule has 13 nitrogen and oxygen atoms in total. The van der Waals surface area contributed by atoms with Crippen LogP contribution in [-0.2, 0) is 36.8 Å². The van der Waals surface area contributed by atoms with Gasteiger partial charge in [0.05, 0.1) is 12.5 Å². The van der Waals surface area contributed by atoms with Crippen LogP contribution >= 0.6 is 0 Å².